The lowest BCUT2D eigenvalue weighted by Gasteiger charge is -2.24. The Balaban J connectivity index is 1.74. The number of nitrogens with zero attached hydrogens (tertiary/aromatic N) is 3. The maximum Gasteiger partial charge on any atom is 0.267 e. The van der Waals surface area contributed by atoms with Crippen LogP contribution in [0.5, 0.6) is 11.5 Å². The Morgan fingerprint density at radius 1 is 1.14 bits per heavy atom. The third kappa shape index (κ3) is 5.59. The Kier molecular flexibility index (Phi) is 7.91. The topological polar surface area (TPSA) is 74.9 Å². The van der Waals surface area contributed by atoms with Crippen molar-refractivity contribution in [2.24, 2.45) is 4.99 Å². The van der Waals surface area contributed by atoms with E-state index in [9.17, 15) is 4.79 Å². The first-order valence-corrected chi connectivity index (χ1v) is 12.4. The van der Waals surface area contributed by atoms with E-state index < -0.39 is 0 Å². The Morgan fingerprint density at radius 2 is 1.83 bits per heavy atom. The Morgan fingerprint density at radius 3 is 2.49 bits per heavy atom. The van der Waals surface area contributed by atoms with E-state index in [1.54, 1.807) is 11.0 Å². The molecular weight excluding hydrogens is 526 g/mol. The Labute approximate surface area is 217 Å². The first-order chi connectivity index (χ1) is 17.0. The van der Waals surface area contributed by atoms with Crippen LogP contribution in [0.3, 0.4) is 0 Å². The minimum atomic E-state index is -0.201. The van der Waals surface area contributed by atoms with Crippen LogP contribution in [-0.4, -0.2) is 29.7 Å². The molecule has 3 aromatic carbocycles. The zero-order valence-electron chi connectivity index (χ0n) is 19.1. The number of amides is 1. The number of ether oxygens (including phenoxy) is 2. The second-order valence-corrected chi connectivity index (χ2v) is 9.45. The summed E-state index contributed by atoms with van der Waals surface area (Å²) in [5.41, 5.74) is 2.55. The number of hydrogen-bond acceptors (Lipinski definition) is 6. The average Bonchev–Trinajstić information content (AvgIpc) is 3.17. The number of methoxy groups -OCH3 is 1. The van der Waals surface area contributed by atoms with E-state index in [1.165, 1.54) is 18.9 Å². The summed E-state index contributed by atoms with van der Waals surface area (Å²) in [5.74, 6) is 0.776. The van der Waals surface area contributed by atoms with Crippen LogP contribution in [0.4, 0.5) is 5.69 Å². The largest absolute Gasteiger partial charge is 0.493 e. The van der Waals surface area contributed by atoms with Crippen molar-refractivity contribution in [3.05, 3.63) is 93.3 Å². The lowest BCUT2D eigenvalue weighted by atomic mass is 10.1. The number of aliphatic imine (C=N–C) groups is 1. The molecule has 0 aliphatic carbocycles. The van der Waals surface area contributed by atoms with Crippen LogP contribution >= 0.6 is 27.7 Å². The summed E-state index contributed by atoms with van der Waals surface area (Å²) in [6.07, 6.45) is 1.81. The van der Waals surface area contributed by atoms with Crippen molar-refractivity contribution in [3.8, 4) is 17.6 Å². The smallest absolute Gasteiger partial charge is 0.267 e. The maximum atomic E-state index is 13.6. The quantitative estimate of drug-likeness (QED) is 0.306. The molecule has 0 spiro atoms. The molecule has 176 valence electrons. The first kappa shape index (κ1) is 24.6. The van der Waals surface area contributed by atoms with Crippen LogP contribution in [0.15, 0.2) is 87.2 Å². The zero-order chi connectivity index (χ0) is 24.8. The molecule has 1 aliphatic rings. The molecule has 6 nitrogen and oxygen atoms in total. The van der Waals surface area contributed by atoms with Crippen LogP contribution in [0, 0.1) is 11.3 Å². The minimum absolute atomic E-state index is 0.102. The first-order valence-electron chi connectivity index (χ1n) is 10.8. The van der Waals surface area contributed by atoms with E-state index in [2.05, 4.69) is 15.9 Å². The number of hydrogen-bond donors (Lipinski definition) is 0. The van der Waals surface area contributed by atoms with Crippen LogP contribution in [0.25, 0.3) is 6.08 Å². The normalized spacial score (nSPS) is 16.4. The van der Waals surface area contributed by atoms with Gasteiger partial charge in [-0.1, -0.05) is 48.5 Å². The molecule has 1 atom stereocenters. The fourth-order valence-electron chi connectivity index (χ4n) is 3.62. The van der Waals surface area contributed by atoms with Gasteiger partial charge in [-0.3, -0.25) is 9.69 Å². The molecule has 0 saturated carbocycles. The van der Waals surface area contributed by atoms with Crippen molar-refractivity contribution in [3.63, 3.8) is 0 Å². The molecule has 1 heterocycles. The second-order valence-electron chi connectivity index (χ2n) is 7.58. The monoisotopic (exact) mass is 547 g/mol. The van der Waals surface area contributed by atoms with Crippen molar-refractivity contribution in [2.45, 2.75) is 13.0 Å². The minimum Gasteiger partial charge on any atom is -0.493 e. The van der Waals surface area contributed by atoms with Gasteiger partial charge < -0.3 is 9.47 Å². The summed E-state index contributed by atoms with van der Waals surface area (Å²) in [4.78, 5) is 20.7. The van der Waals surface area contributed by atoms with Crippen molar-refractivity contribution < 1.29 is 14.3 Å². The van der Waals surface area contributed by atoms with E-state index in [1.807, 2.05) is 85.8 Å². The number of nitriles is 1. The predicted molar refractivity (Wildman–Crippen MR) is 143 cm³/mol. The molecule has 4 rings (SSSR count). The highest BCUT2D eigenvalue weighted by Crippen LogP contribution is 2.41. The number of benzene rings is 3. The van der Waals surface area contributed by atoms with Gasteiger partial charge in [0.1, 0.15) is 6.07 Å². The van der Waals surface area contributed by atoms with E-state index in [-0.39, 0.29) is 18.6 Å². The number of amidine groups is 1. The van der Waals surface area contributed by atoms with Gasteiger partial charge in [0.25, 0.3) is 5.91 Å². The molecule has 0 N–H and O–H groups in total. The lowest BCUT2D eigenvalue weighted by molar-refractivity contribution is -0.123. The third-order valence-electron chi connectivity index (χ3n) is 5.32. The second kappa shape index (κ2) is 11.3. The summed E-state index contributed by atoms with van der Waals surface area (Å²) in [7, 11) is 1.53. The highest BCUT2D eigenvalue weighted by atomic mass is 79.9. The van der Waals surface area contributed by atoms with Crippen LogP contribution in [0.1, 0.15) is 24.1 Å². The molecule has 0 unspecified atom stereocenters. The molecule has 1 saturated heterocycles. The van der Waals surface area contributed by atoms with Gasteiger partial charge >= 0.3 is 0 Å². The summed E-state index contributed by atoms with van der Waals surface area (Å²) in [5, 5.41) is 9.46. The number of thioether (sulfide) groups is 1. The van der Waals surface area contributed by atoms with Gasteiger partial charge in [0, 0.05) is 0 Å². The molecule has 1 amide bonds. The summed E-state index contributed by atoms with van der Waals surface area (Å²) < 4.78 is 11.6. The fourth-order valence-corrected chi connectivity index (χ4v) is 5.26. The van der Waals surface area contributed by atoms with Crippen molar-refractivity contribution in [1.82, 2.24) is 4.90 Å². The molecule has 0 radical (unpaired) electrons. The Bertz CT molecular complexity index is 1320. The fraction of sp³-hybridized carbons (Fsp3) is 0.148. The van der Waals surface area contributed by atoms with E-state index in [4.69, 9.17) is 19.7 Å². The number of halogens is 1. The van der Waals surface area contributed by atoms with Gasteiger partial charge in [0.15, 0.2) is 23.3 Å². The molecule has 35 heavy (non-hydrogen) atoms. The van der Waals surface area contributed by atoms with Gasteiger partial charge in [-0.15, -0.1) is 0 Å². The van der Waals surface area contributed by atoms with Crippen molar-refractivity contribution >= 4 is 50.5 Å². The number of para-hydroxylation sites is 1. The van der Waals surface area contributed by atoms with Crippen LogP contribution < -0.4 is 9.47 Å². The van der Waals surface area contributed by atoms with E-state index in [0.29, 0.717) is 26.0 Å². The Hall–Kier alpha value is -3.54. The maximum absolute atomic E-state index is 13.6. The van der Waals surface area contributed by atoms with Gasteiger partial charge in [-0.25, -0.2) is 4.99 Å². The van der Waals surface area contributed by atoms with Crippen molar-refractivity contribution in [1.29, 1.82) is 5.26 Å². The zero-order valence-corrected chi connectivity index (χ0v) is 21.5. The highest BCUT2D eigenvalue weighted by molar-refractivity contribution is 9.10. The van der Waals surface area contributed by atoms with E-state index in [0.717, 1.165) is 16.8 Å². The summed E-state index contributed by atoms with van der Waals surface area (Å²) in [6, 6.07) is 24.8. The summed E-state index contributed by atoms with van der Waals surface area (Å²) in [6.45, 7) is 1.90. The van der Waals surface area contributed by atoms with E-state index >= 15 is 0 Å². The average molecular weight is 548 g/mol. The SMILES string of the molecule is COc1cc(/C=C2/SC(=Nc3ccccc3)N([C@H](C)c3ccccc3)C2=O)cc(Br)c1OCC#N. The molecule has 0 aromatic heterocycles. The molecule has 0 bridgehead atoms. The summed E-state index contributed by atoms with van der Waals surface area (Å²) >= 11 is 4.82. The van der Waals surface area contributed by atoms with Gasteiger partial charge in [0.2, 0.25) is 0 Å². The molecular formula is C27H22BrN3O3S. The van der Waals surface area contributed by atoms with Gasteiger partial charge in [0.05, 0.1) is 28.2 Å². The standard InChI is InChI=1S/C27H22BrN3O3S/c1-18(20-9-5-3-6-10-20)31-26(32)24(35-27(31)30-21-11-7-4-8-12-21)17-19-15-22(28)25(34-14-13-29)23(16-19)33-2/h3-12,15-18H,14H2,1-2H3/b24-17+,30-27?/t18-/m1/s1. The molecule has 1 aliphatic heterocycles. The lowest BCUT2D eigenvalue weighted by Crippen LogP contribution is -2.32. The predicted octanol–water partition coefficient (Wildman–Crippen LogP) is 6.73. The van der Waals surface area contributed by atoms with Gasteiger partial charge in [-0.05, 0) is 76.1 Å². The molecule has 8 heteroatoms. The van der Waals surface area contributed by atoms with Crippen LogP contribution in [-0.2, 0) is 4.79 Å². The third-order valence-corrected chi connectivity index (χ3v) is 6.89. The molecule has 1 fully saturated rings. The number of rotatable bonds is 7. The van der Waals surface area contributed by atoms with Crippen molar-refractivity contribution in [2.75, 3.05) is 13.7 Å². The van der Waals surface area contributed by atoms with Crippen LogP contribution in [0.2, 0.25) is 0 Å². The number of carbonyl (C=O) groups is 1. The van der Waals surface area contributed by atoms with Gasteiger partial charge in [-0.2, -0.15) is 5.26 Å². The highest BCUT2D eigenvalue weighted by Gasteiger charge is 2.37. The number of carbonyl (C=O) groups excluding carboxylic acids is 1. The molecule has 3 aromatic rings.